The molecule has 5 heteroatoms. The maximum atomic E-state index is 13.2. The summed E-state index contributed by atoms with van der Waals surface area (Å²) in [5.41, 5.74) is 0.892. The van der Waals surface area contributed by atoms with Crippen molar-refractivity contribution in [2.24, 2.45) is 16.7 Å². The molecule has 3 fully saturated rings. The molecule has 4 nitrogen and oxygen atoms in total. The number of carbonyl (C=O) groups is 1. The van der Waals surface area contributed by atoms with Crippen LogP contribution in [0.3, 0.4) is 0 Å². The van der Waals surface area contributed by atoms with Gasteiger partial charge in [0.05, 0.1) is 6.04 Å². The molecule has 0 radical (unpaired) electrons. The number of hydrogen-bond donors (Lipinski definition) is 1. The van der Waals surface area contributed by atoms with Gasteiger partial charge in [0.1, 0.15) is 17.6 Å². The van der Waals surface area contributed by atoms with Gasteiger partial charge < -0.3 is 9.84 Å². The molecular formula is C25H29NO3S. The van der Waals surface area contributed by atoms with Crippen LogP contribution in [0.15, 0.2) is 65.6 Å². The molecule has 2 aromatic rings. The molecule has 2 bridgehead atoms. The van der Waals surface area contributed by atoms with Crippen LogP contribution in [0.1, 0.15) is 45.3 Å². The highest BCUT2D eigenvalue weighted by Crippen LogP contribution is 2.69. The summed E-state index contributed by atoms with van der Waals surface area (Å²) in [6.45, 7) is 6.92. The van der Waals surface area contributed by atoms with E-state index in [9.17, 15) is 9.90 Å². The van der Waals surface area contributed by atoms with Gasteiger partial charge in [-0.25, -0.2) is 4.79 Å². The van der Waals surface area contributed by atoms with Gasteiger partial charge in [0.2, 0.25) is 0 Å². The summed E-state index contributed by atoms with van der Waals surface area (Å²) in [5.74, 6) is 0.376. The zero-order chi connectivity index (χ0) is 21.1. The van der Waals surface area contributed by atoms with Gasteiger partial charge in [-0.3, -0.25) is 4.90 Å². The Morgan fingerprint density at radius 3 is 2.37 bits per heavy atom. The van der Waals surface area contributed by atoms with Crippen molar-refractivity contribution in [1.29, 1.82) is 0 Å². The SMILES string of the molecule is CC1(C)[C@@H]2CC[C@@]1(C)[C@@H]1OC(=O)N([C@H](Sc3ccccc3)[C@@H](O)c3ccccc3)[C@H]21. The lowest BCUT2D eigenvalue weighted by molar-refractivity contribution is 0.0142. The van der Waals surface area contributed by atoms with E-state index in [0.29, 0.717) is 5.92 Å². The Balaban J connectivity index is 1.55. The lowest BCUT2D eigenvalue weighted by Gasteiger charge is -2.37. The standard InChI is InChI=1S/C25H29NO3S/c1-24(2)18-14-15-25(24,3)21-19(18)26(23(28)29-21)22(30-17-12-8-5-9-13-17)20(27)16-10-6-4-7-11-16/h4-13,18-22,27H,14-15H2,1-3H3/t18-,19-,20+,21-,22-,25+/m1/s1. The predicted octanol–water partition coefficient (Wildman–Crippen LogP) is 5.48. The molecule has 2 aromatic carbocycles. The molecule has 3 aliphatic rings. The first-order valence-electron chi connectivity index (χ1n) is 10.8. The Labute approximate surface area is 182 Å². The second-order valence-corrected chi connectivity index (χ2v) is 10.9. The lowest BCUT2D eigenvalue weighted by Crippen LogP contribution is -2.48. The Morgan fingerprint density at radius 2 is 1.70 bits per heavy atom. The molecular weight excluding hydrogens is 394 g/mol. The van der Waals surface area contributed by atoms with Gasteiger partial charge in [-0.2, -0.15) is 0 Å². The average Bonchev–Trinajstić information content (AvgIpc) is 3.26. The zero-order valence-corrected chi connectivity index (χ0v) is 18.5. The van der Waals surface area contributed by atoms with E-state index in [0.717, 1.165) is 23.3 Å². The summed E-state index contributed by atoms with van der Waals surface area (Å²) in [5, 5.41) is 11.0. The second-order valence-electron chi connectivity index (χ2n) is 9.66. The van der Waals surface area contributed by atoms with Gasteiger partial charge in [0.15, 0.2) is 0 Å². The Morgan fingerprint density at radius 1 is 1.07 bits per heavy atom. The molecule has 1 amide bonds. The van der Waals surface area contributed by atoms with Crippen molar-refractivity contribution in [2.45, 2.75) is 62.1 Å². The number of carbonyl (C=O) groups excluding carboxylic acids is 1. The maximum Gasteiger partial charge on any atom is 0.411 e. The fourth-order valence-electron chi connectivity index (χ4n) is 6.09. The fourth-order valence-corrected chi connectivity index (χ4v) is 7.31. The number of hydrogen-bond acceptors (Lipinski definition) is 4. The van der Waals surface area contributed by atoms with E-state index in [1.807, 2.05) is 65.6 Å². The molecule has 2 aliphatic carbocycles. The third kappa shape index (κ3) is 2.75. The lowest BCUT2D eigenvalue weighted by atomic mass is 9.70. The highest BCUT2D eigenvalue weighted by Gasteiger charge is 2.72. The predicted molar refractivity (Wildman–Crippen MR) is 118 cm³/mol. The van der Waals surface area contributed by atoms with E-state index in [4.69, 9.17) is 4.74 Å². The normalized spacial score (nSPS) is 33.3. The molecule has 2 saturated carbocycles. The first-order chi connectivity index (χ1) is 14.3. The molecule has 5 rings (SSSR count). The monoisotopic (exact) mass is 423 g/mol. The highest BCUT2D eigenvalue weighted by atomic mass is 32.2. The van der Waals surface area contributed by atoms with Crippen LogP contribution in [0, 0.1) is 16.7 Å². The smallest absolute Gasteiger partial charge is 0.411 e. The van der Waals surface area contributed by atoms with Crippen LogP contribution in [0.4, 0.5) is 4.79 Å². The molecule has 158 valence electrons. The third-order valence-electron chi connectivity index (χ3n) is 8.17. The van der Waals surface area contributed by atoms with Crippen LogP contribution in [-0.2, 0) is 4.74 Å². The van der Waals surface area contributed by atoms with Crippen molar-refractivity contribution < 1.29 is 14.6 Å². The molecule has 0 spiro atoms. The van der Waals surface area contributed by atoms with Crippen LogP contribution >= 0.6 is 11.8 Å². The van der Waals surface area contributed by atoms with E-state index < -0.39 is 11.5 Å². The van der Waals surface area contributed by atoms with Gasteiger partial charge in [-0.15, -0.1) is 0 Å². The van der Waals surface area contributed by atoms with E-state index in [1.54, 1.807) is 11.8 Å². The number of aliphatic hydroxyl groups is 1. The van der Waals surface area contributed by atoms with E-state index >= 15 is 0 Å². The molecule has 1 aliphatic heterocycles. The summed E-state index contributed by atoms with van der Waals surface area (Å²) in [6, 6.07) is 19.7. The molecule has 0 aromatic heterocycles. The van der Waals surface area contributed by atoms with Crippen molar-refractivity contribution in [3.05, 3.63) is 66.2 Å². The minimum Gasteiger partial charge on any atom is -0.443 e. The molecule has 1 saturated heterocycles. The number of benzene rings is 2. The number of nitrogens with zero attached hydrogens (tertiary/aromatic N) is 1. The van der Waals surface area contributed by atoms with E-state index in [-0.39, 0.29) is 29.1 Å². The number of aliphatic hydroxyl groups excluding tert-OH is 1. The first kappa shape index (κ1) is 20.0. The van der Waals surface area contributed by atoms with E-state index in [1.165, 1.54) is 0 Å². The van der Waals surface area contributed by atoms with Crippen molar-refractivity contribution >= 4 is 17.9 Å². The highest BCUT2D eigenvalue weighted by molar-refractivity contribution is 8.00. The van der Waals surface area contributed by atoms with Crippen LogP contribution < -0.4 is 0 Å². The largest absolute Gasteiger partial charge is 0.443 e. The van der Waals surface area contributed by atoms with E-state index in [2.05, 4.69) is 20.8 Å². The Bertz CT molecular complexity index is 934. The van der Waals surface area contributed by atoms with Crippen LogP contribution in [-0.4, -0.2) is 33.6 Å². The number of amides is 1. The average molecular weight is 424 g/mol. The number of ether oxygens (including phenoxy) is 1. The van der Waals surface area contributed by atoms with Gasteiger partial charge in [0.25, 0.3) is 0 Å². The van der Waals surface area contributed by atoms with Crippen molar-refractivity contribution in [3.63, 3.8) is 0 Å². The minimum atomic E-state index is -0.808. The topological polar surface area (TPSA) is 49.8 Å². The van der Waals surface area contributed by atoms with Gasteiger partial charge in [0, 0.05) is 10.3 Å². The quantitative estimate of drug-likeness (QED) is 0.647. The van der Waals surface area contributed by atoms with Crippen molar-refractivity contribution in [1.82, 2.24) is 4.90 Å². The number of fused-ring (bicyclic) bond motifs is 5. The van der Waals surface area contributed by atoms with Gasteiger partial charge in [-0.1, -0.05) is 81.1 Å². The number of thioether (sulfide) groups is 1. The van der Waals surface area contributed by atoms with Crippen LogP contribution in [0.2, 0.25) is 0 Å². The molecule has 1 heterocycles. The third-order valence-corrected chi connectivity index (χ3v) is 9.44. The van der Waals surface area contributed by atoms with Crippen molar-refractivity contribution in [2.75, 3.05) is 0 Å². The molecule has 30 heavy (non-hydrogen) atoms. The van der Waals surface area contributed by atoms with Crippen LogP contribution in [0.25, 0.3) is 0 Å². The zero-order valence-electron chi connectivity index (χ0n) is 17.7. The molecule has 0 unspecified atom stereocenters. The summed E-state index contributed by atoms with van der Waals surface area (Å²) in [6.07, 6.45) is 0.979. The fraction of sp³-hybridized carbons (Fsp3) is 0.480. The number of rotatable bonds is 5. The molecule has 1 N–H and O–H groups in total. The summed E-state index contributed by atoms with van der Waals surface area (Å²) in [4.78, 5) is 16.1. The summed E-state index contributed by atoms with van der Waals surface area (Å²) < 4.78 is 6.04. The Hall–Kier alpha value is -1.98. The van der Waals surface area contributed by atoms with Gasteiger partial charge in [-0.05, 0) is 41.9 Å². The van der Waals surface area contributed by atoms with Crippen molar-refractivity contribution in [3.8, 4) is 0 Å². The molecule has 6 atom stereocenters. The summed E-state index contributed by atoms with van der Waals surface area (Å²) in [7, 11) is 0. The Kier molecular flexibility index (Phi) is 4.67. The van der Waals surface area contributed by atoms with Gasteiger partial charge >= 0.3 is 6.09 Å². The summed E-state index contributed by atoms with van der Waals surface area (Å²) >= 11 is 1.54. The minimum absolute atomic E-state index is 0.00539. The second kappa shape index (κ2) is 7.03. The first-order valence-corrected chi connectivity index (χ1v) is 11.7. The van der Waals surface area contributed by atoms with Crippen LogP contribution in [0.5, 0.6) is 0 Å². The maximum absolute atomic E-state index is 13.2.